The van der Waals surface area contributed by atoms with Crippen LogP contribution in [-0.4, -0.2) is 45.8 Å². The number of hydrogen-bond acceptors (Lipinski definition) is 3. The summed E-state index contributed by atoms with van der Waals surface area (Å²) in [5, 5.41) is 2.79. The molecule has 184 valence electrons. The molecule has 1 atom stereocenters. The van der Waals surface area contributed by atoms with Gasteiger partial charge in [-0.3, -0.25) is 9.59 Å². The Morgan fingerprint density at radius 3 is 2.34 bits per heavy atom. The largest absolute Gasteiger partial charge is 0.342 e. The first-order valence-corrected chi connectivity index (χ1v) is 11.6. The van der Waals surface area contributed by atoms with E-state index in [2.05, 4.69) is 15.3 Å². The molecule has 2 N–H and O–H groups in total. The predicted octanol–water partition coefficient (Wildman–Crippen LogP) is 4.65. The second-order valence-electron chi connectivity index (χ2n) is 9.11. The first-order chi connectivity index (χ1) is 16.7. The summed E-state index contributed by atoms with van der Waals surface area (Å²) in [7, 11) is 0. The molecule has 0 saturated carbocycles. The summed E-state index contributed by atoms with van der Waals surface area (Å²) in [6, 6.07) is 8.18. The molecule has 0 spiro atoms. The van der Waals surface area contributed by atoms with Gasteiger partial charge in [-0.05, 0) is 61.2 Å². The Morgan fingerprint density at radius 1 is 1.03 bits per heavy atom. The van der Waals surface area contributed by atoms with E-state index in [-0.39, 0.29) is 17.7 Å². The summed E-state index contributed by atoms with van der Waals surface area (Å²) in [5.74, 6) is -2.15. The molecule has 0 radical (unpaired) electrons. The van der Waals surface area contributed by atoms with Crippen LogP contribution in [0.25, 0.3) is 11.3 Å². The third-order valence-electron chi connectivity index (χ3n) is 6.35. The van der Waals surface area contributed by atoms with Gasteiger partial charge < -0.3 is 15.2 Å². The fourth-order valence-electron chi connectivity index (χ4n) is 4.26. The van der Waals surface area contributed by atoms with Gasteiger partial charge in [-0.2, -0.15) is 0 Å². The number of likely N-dealkylation sites (tertiary alicyclic amines) is 1. The second-order valence-corrected chi connectivity index (χ2v) is 9.11. The lowest BCUT2D eigenvalue weighted by Gasteiger charge is -2.35. The molecule has 3 aromatic rings. The fraction of sp³-hybridized carbons (Fsp3) is 0.346. The first-order valence-electron chi connectivity index (χ1n) is 11.6. The van der Waals surface area contributed by atoms with E-state index in [9.17, 15) is 22.8 Å². The Morgan fingerprint density at radius 2 is 1.71 bits per heavy atom. The van der Waals surface area contributed by atoms with Crippen LogP contribution >= 0.6 is 0 Å². The molecule has 4 rings (SSSR count). The van der Waals surface area contributed by atoms with Crippen molar-refractivity contribution in [2.45, 2.75) is 38.6 Å². The summed E-state index contributed by atoms with van der Waals surface area (Å²) in [5.41, 5.74) is 1.39. The van der Waals surface area contributed by atoms with Gasteiger partial charge in [0.2, 0.25) is 5.91 Å². The van der Waals surface area contributed by atoms with Crippen molar-refractivity contribution >= 4 is 11.8 Å². The van der Waals surface area contributed by atoms with Crippen molar-refractivity contribution in [3.05, 3.63) is 77.5 Å². The van der Waals surface area contributed by atoms with Crippen LogP contribution in [-0.2, 0) is 4.79 Å². The average molecular weight is 485 g/mol. The van der Waals surface area contributed by atoms with Crippen LogP contribution in [0.15, 0.2) is 48.7 Å². The van der Waals surface area contributed by atoms with E-state index in [0.29, 0.717) is 42.8 Å². The Bertz CT molecular complexity index is 1200. The standard InChI is InChI=1S/C26H27F3N4O2/c1-15(2)23(32-25(34)17-3-6-19(27)7-4-17)26(35)33-11-9-16(10-12-33)24-30-14-22(31-24)18-5-8-20(28)21(29)13-18/h3-8,13-16,23H,9-12H2,1-2H3,(H,30,31)(H,32,34)/t23-/m1/s1. The number of carbonyl (C=O) groups excluding carboxylic acids is 2. The lowest BCUT2D eigenvalue weighted by Crippen LogP contribution is -2.52. The molecule has 0 bridgehead atoms. The maximum Gasteiger partial charge on any atom is 0.251 e. The number of nitrogens with one attached hydrogen (secondary N) is 2. The minimum absolute atomic E-state index is 0.0874. The van der Waals surface area contributed by atoms with Gasteiger partial charge in [0.05, 0.1) is 11.9 Å². The van der Waals surface area contributed by atoms with E-state index in [1.807, 2.05) is 13.8 Å². The van der Waals surface area contributed by atoms with Gasteiger partial charge >= 0.3 is 0 Å². The van der Waals surface area contributed by atoms with Crippen LogP contribution in [0.4, 0.5) is 13.2 Å². The third kappa shape index (κ3) is 5.55. The highest BCUT2D eigenvalue weighted by Crippen LogP contribution is 2.29. The van der Waals surface area contributed by atoms with E-state index >= 15 is 0 Å². The Labute approximate surface area is 201 Å². The molecule has 6 nitrogen and oxygen atoms in total. The van der Waals surface area contributed by atoms with Crippen LogP contribution < -0.4 is 5.32 Å². The zero-order valence-corrected chi connectivity index (χ0v) is 19.5. The van der Waals surface area contributed by atoms with Gasteiger partial charge in [0, 0.05) is 30.1 Å². The number of benzene rings is 2. The Balaban J connectivity index is 1.37. The van der Waals surface area contributed by atoms with Gasteiger partial charge in [0.15, 0.2) is 11.6 Å². The van der Waals surface area contributed by atoms with Gasteiger partial charge in [-0.1, -0.05) is 13.8 Å². The maximum absolute atomic E-state index is 13.6. The van der Waals surface area contributed by atoms with E-state index < -0.39 is 29.4 Å². The van der Waals surface area contributed by atoms with E-state index in [4.69, 9.17) is 0 Å². The Kier molecular flexibility index (Phi) is 7.23. The summed E-state index contributed by atoms with van der Waals surface area (Å²) < 4.78 is 39.9. The van der Waals surface area contributed by atoms with Crippen LogP contribution in [0.5, 0.6) is 0 Å². The minimum Gasteiger partial charge on any atom is -0.342 e. The van der Waals surface area contributed by atoms with Crippen molar-refractivity contribution in [2.24, 2.45) is 5.92 Å². The van der Waals surface area contributed by atoms with E-state index in [1.54, 1.807) is 11.1 Å². The zero-order chi connectivity index (χ0) is 25.1. The summed E-state index contributed by atoms with van der Waals surface area (Å²) >= 11 is 0. The predicted molar refractivity (Wildman–Crippen MR) is 125 cm³/mol. The molecule has 2 aromatic carbocycles. The fourth-order valence-corrected chi connectivity index (χ4v) is 4.26. The van der Waals surface area contributed by atoms with Crippen LogP contribution in [0.1, 0.15) is 48.8 Å². The molecule has 1 aliphatic heterocycles. The number of nitrogens with zero attached hydrogens (tertiary/aromatic N) is 2. The first kappa shape index (κ1) is 24.5. The number of aromatic nitrogens is 2. The number of carbonyl (C=O) groups is 2. The highest BCUT2D eigenvalue weighted by atomic mass is 19.2. The summed E-state index contributed by atoms with van der Waals surface area (Å²) in [6.07, 6.45) is 2.94. The van der Waals surface area contributed by atoms with Crippen molar-refractivity contribution in [1.82, 2.24) is 20.2 Å². The Hall–Kier alpha value is -3.62. The SMILES string of the molecule is CC(C)[C@@H](NC(=O)c1ccc(F)cc1)C(=O)N1CCC(c2ncc(-c3ccc(F)c(F)c3)[nH]2)CC1. The topological polar surface area (TPSA) is 78.1 Å². The molecule has 35 heavy (non-hydrogen) atoms. The number of imidazole rings is 1. The molecule has 1 saturated heterocycles. The molecule has 0 aliphatic carbocycles. The number of piperidine rings is 1. The number of aromatic amines is 1. The van der Waals surface area contributed by atoms with E-state index in [1.165, 1.54) is 30.3 Å². The minimum atomic E-state index is -0.920. The molecule has 2 amide bonds. The highest BCUT2D eigenvalue weighted by Gasteiger charge is 2.32. The molecule has 1 aliphatic rings. The lowest BCUT2D eigenvalue weighted by molar-refractivity contribution is -0.135. The molecule has 1 fully saturated rings. The number of rotatable bonds is 6. The zero-order valence-electron chi connectivity index (χ0n) is 19.5. The van der Waals surface area contributed by atoms with Crippen LogP contribution in [0.2, 0.25) is 0 Å². The van der Waals surface area contributed by atoms with Gasteiger partial charge in [0.1, 0.15) is 17.7 Å². The molecule has 9 heteroatoms. The lowest BCUT2D eigenvalue weighted by atomic mass is 9.94. The summed E-state index contributed by atoms with van der Waals surface area (Å²) in [6.45, 7) is 4.73. The average Bonchev–Trinajstić information content (AvgIpc) is 3.34. The third-order valence-corrected chi connectivity index (χ3v) is 6.35. The molecule has 1 aromatic heterocycles. The monoisotopic (exact) mass is 484 g/mol. The van der Waals surface area contributed by atoms with Gasteiger partial charge in [-0.15, -0.1) is 0 Å². The molecule has 2 heterocycles. The number of amides is 2. The maximum atomic E-state index is 13.6. The number of halogens is 3. The number of hydrogen-bond donors (Lipinski definition) is 2. The van der Waals surface area contributed by atoms with Crippen LogP contribution in [0, 0.1) is 23.4 Å². The molecule has 0 unspecified atom stereocenters. The van der Waals surface area contributed by atoms with Gasteiger partial charge in [-0.25, -0.2) is 18.2 Å². The van der Waals surface area contributed by atoms with Crippen molar-refractivity contribution in [3.63, 3.8) is 0 Å². The van der Waals surface area contributed by atoms with Crippen molar-refractivity contribution in [3.8, 4) is 11.3 Å². The van der Waals surface area contributed by atoms with Crippen molar-refractivity contribution in [2.75, 3.05) is 13.1 Å². The highest BCUT2D eigenvalue weighted by molar-refractivity contribution is 5.97. The molecular formula is C26H27F3N4O2. The van der Waals surface area contributed by atoms with Gasteiger partial charge in [0.25, 0.3) is 5.91 Å². The second kappa shape index (κ2) is 10.3. The van der Waals surface area contributed by atoms with Crippen molar-refractivity contribution in [1.29, 1.82) is 0 Å². The van der Waals surface area contributed by atoms with Crippen LogP contribution in [0.3, 0.4) is 0 Å². The number of H-pyrrole nitrogens is 1. The quantitative estimate of drug-likeness (QED) is 0.535. The summed E-state index contributed by atoms with van der Waals surface area (Å²) in [4.78, 5) is 35.2. The van der Waals surface area contributed by atoms with E-state index in [0.717, 1.165) is 18.0 Å². The smallest absolute Gasteiger partial charge is 0.251 e. The molecular weight excluding hydrogens is 457 g/mol. The normalized spacial score (nSPS) is 15.3. The van der Waals surface area contributed by atoms with Crippen molar-refractivity contribution < 1.29 is 22.8 Å².